The summed E-state index contributed by atoms with van der Waals surface area (Å²) >= 11 is 0. The van der Waals surface area contributed by atoms with Crippen LogP contribution in [-0.2, 0) is 15.0 Å². The highest BCUT2D eigenvalue weighted by atomic mass is 16.2. The molecule has 0 amide bonds. The van der Waals surface area contributed by atoms with Crippen LogP contribution >= 0.6 is 0 Å². The summed E-state index contributed by atoms with van der Waals surface area (Å²) in [6.07, 6.45) is 3.67. The smallest absolute Gasteiger partial charge is 0.218 e. The van der Waals surface area contributed by atoms with E-state index < -0.39 is 22.8 Å². The van der Waals surface area contributed by atoms with E-state index in [0.29, 0.717) is 12.1 Å². The van der Waals surface area contributed by atoms with Gasteiger partial charge in [-0.15, -0.1) is 0 Å². The predicted molar refractivity (Wildman–Crippen MR) is 82.9 cm³/mol. The van der Waals surface area contributed by atoms with Crippen LogP contribution in [0, 0.1) is 5.92 Å². The van der Waals surface area contributed by atoms with Gasteiger partial charge in [0.2, 0.25) is 11.6 Å². The van der Waals surface area contributed by atoms with Gasteiger partial charge in [0.15, 0.2) is 5.78 Å². The summed E-state index contributed by atoms with van der Waals surface area (Å²) in [5.41, 5.74) is -1.08. The molecule has 2 aromatic rings. The van der Waals surface area contributed by atoms with E-state index in [2.05, 4.69) is 9.97 Å². The fourth-order valence-electron chi connectivity index (χ4n) is 3.23. The van der Waals surface area contributed by atoms with E-state index in [9.17, 15) is 14.4 Å². The highest BCUT2D eigenvalue weighted by molar-refractivity contribution is 6.47. The van der Waals surface area contributed by atoms with Crippen molar-refractivity contribution >= 4 is 17.3 Å². The molecule has 5 nitrogen and oxygen atoms in total. The summed E-state index contributed by atoms with van der Waals surface area (Å²) in [7, 11) is 0. The quantitative estimate of drug-likeness (QED) is 0.493. The summed E-state index contributed by atoms with van der Waals surface area (Å²) in [4.78, 5) is 46.5. The molecular formula is C18H16N2O3. The lowest BCUT2D eigenvalue weighted by Crippen LogP contribution is -2.55. The molecule has 0 bridgehead atoms. The zero-order chi connectivity index (χ0) is 16.4. The number of ketones is 3. The molecule has 0 aliphatic heterocycles. The second-order valence-corrected chi connectivity index (χ2v) is 5.76. The van der Waals surface area contributed by atoms with Crippen LogP contribution in [0.4, 0.5) is 0 Å². The number of hydrogen-bond donors (Lipinski definition) is 0. The van der Waals surface area contributed by atoms with Crippen molar-refractivity contribution in [3.63, 3.8) is 0 Å². The summed E-state index contributed by atoms with van der Waals surface area (Å²) in [5.74, 6) is -1.97. The molecule has 0 spiro atoms. The zero-order valence-corrected chi connectivity index (χ0v) is 12.7. The molecule has 1 aliphatic rings. The maximum Gasteiger partial charge on any atom is 0.218 e. The van der Waals surface area contributed by atoms with Gasteiger partial charge in [-0.1, -0.05) is 19.1 Å². The van der Waals surface area contributed by atoms with Gasteiger partial charge in [0, 0.05) is 18.8 Å². The minimum Gasteiger partial charge on any atom is -0.291 e. The molecule has 5 heteroatoms. The van der Waals surface area contributed by atoms with Crippen LogP contribution in [-0.4, -0.2) is 27.3 Å². The van der Waals surface area contributed by atoms with Gasteiger partial charge in [-0.2, -0.15) is 0 Å². The summed E-state index contributed by atoms with van der Waals surface area (Å²) in [6.45, 7) is 1.82. The molecule has 1 saturated carbocycles. The second-order valence-electron chi connectivity index (χ2n) is 5.76. The minimum absolute atomic E-state index is 0.171. The van der Waals surface area contributed by atoms with Gasteiger partial charge in [0.05, 0.1) is 5.69 Å². The van der Waals surface area contributed by atoms with E-state index >= 15 is 0 Å². The number of pyridine rings is 2. The molecule has 0 radical (unpaired) electrons. The molecule has 1 fully saturated rings. The maximum absolute atomic E-state index is 13.2. The van der Waals surface area contributed by atoms with E-state index in [0.717, 1.165) is 0 Å². The SMILES string of the molecule is CC1CCC(=O)C(=O)C1(C(=O)c1ccccn1)c1ccccn1. The lowest BCUT2D eigenvalue weighted by atomic mass is 9.60. The Kier molecular flexibility index (Phi) is 3.86. The normalized spacial score (nSPS) is 24.5. The van der Waals surface area contributed by atoms with Crippen LogP contribution < -0.4 is 0 Å². The average molecular weight is 308 g/mol. The largest absolute Gasteiger partial charge is 0.291 e. The average Bonchev–Trinajstić information content (AvgIpc) is 2.60. The van der Waals surface area contributed by atoms with E-state index in [1.54, 1.807) is 36.4 Å². The van der Waals surface area contributed by atoms with E-state index in [4.69, 9.17) is 0 Å². The van der Waals surface area contributed by atoms with Crippen LogP contribution in [0.25, 0.3) is 0 Å². The molecule has 116 valence electrons. The third-order valence-corrected chi connectivity index (χ3v) is 4.48. The maximum atomic E-state index is 13.2. The first-order valence-corrected chi connectivity index (χ1v) is 7.53. The van der Waals surface area contributed by atoms with E-state index in [1.807, 2.05) is 6.92 Å². The summed E-state index contributed by atoms with van der Waals surface area (Å²) in [6, 6.07) is 10.0. The highest BCUT2D eigenvalue weighted by Gasteiger charge is 2.57. The Morgan fingerprint density at radius 1 is 1.09 bits per heavy atom. The highest BCUT2D eigenvalue weighted by Crippen LogP contribution is 2.41. The molecule has 2 heterocycles. The van der Waals surface area contributed by atoms with Crippen molar-refractivity contribution in [1.29, 1.82) is 0 Å². The van der Waals surface area contributed by atoms with Gasteiger partial charge >= 0.3 is 0 Å². The molecular weight excluding hydrogens is 292 g/mol. The van der Waals surface area contributed by atoms with Crippen molar-refractivity contribution in [3.05, 3.63) is 60.2 Å². The van der Waals surface area contributed by atoms with Crippen LogP contribution in [0.15, 0.2) is 48.8 Å². The van der Waals surface area contributed by atoms with Crippen LogP contribution in [0.1, 0.15) is 35.9 Å². The van der Waals surface area contributed by atoms with E-state index in [-0.39, 0.29) is 18.0 Å². The number of Topliss-reactive ketones (excluding diaryl/α,β-unsaturated/α-hetero) is 3. The number of hydrogen-bond acceptors (Lipinski definition) is 5. The zero-order valence-electron chi connectivity index (χ0n) is 12.7. The molecule has 0 aromatic carbocycles. The Hall–Kier alpha value is -2.69. The first-order valence-electron chi connectivity index (χ1n) is 7.53. The van der Waals surface area contributed by atoms with Gasteiger partial charge in [-0.25, -0.2) is 0 Å². The number of nitrogens with zero attached hydrogens (tertiary/aromatic N) is 2. The molecule has 0 N–H and O–H groups in total. The number of carbonyl (C=O) groups excluding carboxylic acids is 3. The minimum atomic E-state index is -1.58. The summed E-state index contributed by atoms with van der Waals surface area (Å²) < 4.78 is 0. The Morgan fingerprint density at radius 3 is 2.39 bits per heavy atom. The first-order chi connectivity index (χ1) is 11.1. The lowest BCUT2D eigenvalue weighted by Gasteiger charge is -2.38. The molecule has 23 heavy (non-hydrogen) atoms. The predicted octanol–water partition coefficient (Wildman–Crippen LogP) is 2.17. The molecule has 2 unspecified atom stereocenters. The van der Waals surface area contributed by atoms with Crippen molar-refractivity contribution in [2.75, 3.05) is 0 Å². The van der Waals surface area contributed by atoms with Crippen molar-refractivity contribution in [1.82, 2.24) is 9.97 Å². The second kappa shape index (κ2) is 5.83. The van der Waals surface area contributed by atoms with Crippen molar-refractivity contribution in [3.8, 4) is 0 Å². The number of rotatable bonds is 3. The van der Waals surface area contributed by atoms with Gasteiger partial charge in [-0.05, 0) is 36.6 Å². The van der Waals surface area contributed by atoms with Gasteiger partial charge < -0.3 is 0 Å². The molecule has 3 rings (SSSR count). The topological polar surface area (TPSA) is 77.0 Å². The van der Waals surface area contributed by atoms with Gasteiger partial charge in [0.25, 0.3) is 0 Å². The molecule has 2 aromatic heterocycles. The Balaban J connectivity index is 2.24. The third kappa shape index (κ3) is 2.29. The van der Waals surface area contributed by atoms with Crippen molar-refractivity contribution in [2.24, 2.45) is 5.92 Å². The lowest BCUT2D eigenvalue weighted by molar-refractivity contribution is -0.142. The molecule has 1 aliphatic carbocycles. The number of carbonyl (C=O) groups is 3. The van der Waals surface area contributed by atoms with E-state index in [1.165, 1.54) is 12.4 Å². The first kappa shape index (κ1) is 15.2. The standard InChI is InChI=1S/C18H16N2O3/c1-12-8-9-14(21)17(23)18(12,15-7-3-5-11-20-15)16(22)13-6-2-4-10-19-13/h2-7,10-12H,8-9H2,1H3. The van der Waals surface area contributed by atoms with Gasteiger partial charge in [-0.3, -0.25) is 24.4 Å². The monoisotopic (exact) mass is 308 g/mol. The van der Waals surface area contributed by atoms with Crippen LogP contribution in [0.5, 0.6) is 0 Å². The third-order valence-electron chi connectivity index (χ3n) is 4.48. The van der Waals surface area contributed by atoms with Crippen LogP contribution in [0.2, 0.25) is 0 Å². The number of aromatic nitrogens is 2. The molecule has 0 saturated heterocycles. The fraction of sp³-hybridized carbons (Fsp3) is 0.278. The molecule has 2 atom stereocenters. The Bertz CT molecular complexity index is 758. The summed E-state index contributed by atoms with van der Waals surface area (Å²) in [5, 5.41) is 0. The Morgan fingerprint density at radius 2 is 1.78 bits per heavy atom. The van der Waals surface area contributed by atoms with Crippen molar-refractivity contribution < 1.29 is 14.4 Å². The van der Waals surface area contributed by atoms with Crippen LogP contribution in [0.3, 0.4) is 0 Å². The van der Waals surface area contributed by atoms with Crippen molar-refractivity contribution in [2.45, 2.75) is 25.2 Å². The van der Waals surface area contributed by atoms with Gasteiger partial charge in [0.1, 0.15) is 11.1 Å². The Labute approximate surface area is 133 Å². The fourth-order valence-corrected chi connectivity index (χ4v) is 3.23.